The van der Waals surface area contributed by atoms with E-state index >= 15 is 0 Å². The zero-order valence-electron chi connectivity index (χ0n) is 15.3. The van der Waals surface area contributed by atoms with E-state index in [1.807, 2.05) is 18.2 Å². The van der Waals surface area contributed by atoms with Crippen molar-refractivity contribution in [1.29, 1.82) is 0 Å². The molecule has 1 aromatic carbocycles. The van der Waals surface area contributed by atoms with Gasteiger partial charge >= 0.3 is 0 Å². The first-order chi connectivity index (χ1) is 13.8. The topological polar surface area (TPSA) is 87.1 Å². The monoisotopic (exact) mass is 394 g/mol. The van der Waals surface area contributed by atoms with Gasteiger partial charge in [-0.15, -0.1) is 10.2 Å². The second-order valence-electron chi connectivity index (χ2n) is 7.56. The van der Waals surface area contributed by atoms with Crippen LogP contribution < -0.4 is 10.2 Å². The molecule has 0 amide bonds. The van der Waals surface area contributed by atoms with Gasteiger partial charge in [0.2, 0.25) is 5.13 Å². The lowest BCUT2D eigenvalue weighted by atomic mass is 9.77. The lowest BCUT2D eigenvalue weighted by Gasteiger charge is -2.35. The van der Waals surface area contributed by atoms with Gasteiger partial charge in [-0.25, -0.2) is 4.98 Å². The number of fused-ring (bicyclic) bond motifs is 1. The van der Waals surface area contributed by atoms with Gasteiger partial charge in [0.25, 0.3) is 0 Å². The van der Waals surface area contributed by atoms with Crippen LogP contribution in [0.25, 0.3) is 10.6 Å². The molecule has 2 aromatic heterocycles. The van der Waals surface area contributed by atoms with Crippen molar-refractivity contribution in [2.75, 3.05) is 23.3 Å². The van der Waals surface area contributed by atoms with E-state index in [0.29, 0.717) is 11.8 Å². The van der Waals surface area contributed by atoms with Crippen molar-refractivity contribution >= 4 is 22.3 Å². The maximum Gasteiger partial charge on any atom is 0.208 e. The van der Waals surface area contributed by atoms with Crippen LogP contribution in [0.1, 0.15) is 12.8 Å². The number of aliphatic hydroxyl groups is 1. The molecule has 0 radical (unpaired) electrons. The van der Waals surface area contributed by atoms with Gasteiger partial charge in [-0.05, 0) is 24.7 Å². The molecule has 5 rings (SSSR count). The highest BCUT2D eigenvalue weighted by Gasteiger charge is 2.42. The van der Waals surface area contributed by atoms with Crippen LogP contribution >= 0.6 is 11.3 Å². The fourth-order valence-corrected chi connectivity index (χ4v) is 5.21. The first-order valence-electron chi connectivity index (χ1n) is 9.61. The van der Waals surface area contributed by atoms with Crippen LogP contribution in [0.15, 0.2) is 48.9 Å². The van der Waals surface area contributed by atoms with Crippen LogP contribution in [0.2, 0.25) is 0 Å². The molecule has 2 N–H and O–H groups in total. The Kier molecular flexibility index (Phi) is 4.66. The van der Waals surface area contributed by atoms with E-state index in [2.05, 4.69) is 42.5 Å². The lowest BCUT2D eigenvalue weighted by Crippen LogP contribution is -2.43. The Labute approximate surface area is 167 Å². The van der Waals surface area contributed by atoms with Crippen LogP contribution in [-0.2, 0) is 0 Å². The summed E-state index contributed by atoms with van der Waals surface area (Å²) in [4.78, 5) is 10.7. The average molecular weight is 395 g/mol. The van der Waals surface area contributed by atoms with E-state index < -0.39 is 0 Å². The van der Waals surface area contributed by atoms with Crippen molar-refractivity contribution in [3.63, 3.8) is 0 Å². The second kappa shape index (κ2) is 7.44. The summed E-state index contributed by atoms with van der Waals surface area (Å²) >= 11 is 1.64. The Morgan fingerprint density at radius 3 is 2.64 bits per heavy atom. The van der Waals surface area contributed by atoms with Gasteiger partial charge in [0.05, 0.1) is 18.3 Å². The van der Waals surface area contributed by atoms with Crippen LogP contribution in [0.4, 0.5) is 10.9 Å². The number of nitrogens with zero attached hydrogens (tertiary/aromatic N) is 5. The molecule has 1 saturated carbocycles. The minimum Gasteiger partial charge on any atom is -0.391 e. The van der Waals surface area contributed by atoms with Gasteiger partial charge in [-0.3, -0.25) is 4.98 Å². The minimum atomic E-state index is -0.377. The fourth-order valence-electron chi connectivity index (χ4n) is 4.35. The molecule has 144 valence electrons. The van der Waals surface area contributed by atoms with Crippen molar-refractivity contribution in [3.8, 4) is 10.6 Å². The Morgan fingerprint density at radius 2 is 1.86 bits per heavy atom. The summed E-state index contributed by atoms with van der Waals surface area (Å²) < 4.78 is 0. The molecule has 0 spiro atoms. The van der Waals surface area contributed by atoms with E-state index in [1.165, 1.54) is 0 Å². The summed E-state index contributed by atoms with van der Waals surface area (Å²) in [5, 5.41) is 24.7. The van der Waals surface area contributed by atoms with Gasteiger partial charge in [0, 0.05) is 31.0 Å². The van der Waals surface area contributed by atoms with Gasteiger partial charge in [-0.1, -0.05) is 41.7 Å². The van der Waals surface area contributed by atoms with Crippen LogP contribution in [0.5, 0.6) is 0 Å². The quantitative estimate of drug-likeness (QED) is 0.703. The van der Waals surface area contributed by atoms with E-state index in [9.17, 15) is 5.11 Å². The summed E-state index contributed by atoms with van der Waals surface area (Å²) in [7, 11) is 0. The molecule has 0 bridgehead atoms. The average Bonchev–Trinajstić information content (AvgIpc) is 3.37. The lowest BCUT2D eigenvalue weighted by molar-refractivity contribution is 0.0737. The highest BCUT2D eigenvalue weighted by molar-refractivity contribution is 7.18. The van der Waals surface area contributed by atoms with Gasteiger partial charge in [0.15, 0.2) is 0 Å². The standard InChI is InChI=1S/C20H22N6OS/c27-17-9-15-12-26(20-25-24-19(28-20)13-4-2-1-3-5-13)11-14(15)8-16(17)23-18-10-21-6-7-22-18/h1-7,10,14-17,27H,8-9,11-12H2,(H,22,23)/t14-,15+,16-,17-/m1/s1. The van der Waals surface area contributed by atoms with Crippen molar-refractivity contribution in [1.82, 2.24) is 20.2 Å². The predicted molar refractivity (Wildman–Crippen MR) is 109 cm³/mol. The largest absolute Gasteiger partial charge is 0.391 e. The summed E-state index contributed by atoms with van der Waals surface area (Å²) in [5.41, 5.74) is 1.10. The number of anilines is 2. The molecular weight excluding hydrogens is 372 g/mol. The molecule has 7 nitrogen and oxygen atoms in total. The molecule has 4 atom stereocenters. The maximum absolute atomic E-state index is 10.6. The molecule has 1 aliphatic heterocycles. The molecule has 2 aliphatic rings. The van der Waals surface area contributed by atoms with Crippen LogP contribution in [0.3, 0.4) is 0 Å². The Balaban J connectivity index is 1.27. The normalized spacial score (nSPS) is 26.8. The number of aliphatic hydroxyl groups excluding tert-OH is 1. The summed E-state index contributed by atoms with van der Waals surface area (Å²) in [6.45, 7) is 1.89. The zero-order chi connectivity index (χ0) is 18.9. The molecular formula is C20H22N6OS. The van der Waals surface area contributed by atoms with Crippen molar-refractivity contribution in [2.24, 2.45) is 11.8 Å². The summed E-state index contributed by atoms with van der Waals surface area (Å²) in [6, 6.07) is 10.2. The smallest absolute Gasteiger partial charge is 0.208 e. The van der Waals surface area contributed by atoms with Crippen LogP contribution in [0, 0.1) is 11.8 Å². The van der Waals surface area contributed by atoms with Gasteiger partial charge in [-0.2, -0.15) is 0 Å². The highest BCUT2D eigenvalue weighted by Crippen LogP contribution is 2.40. The fraction of sp³-hybridized carbons (Fsp3) is 0.400. The van der Waals surface area contributed by atoms with Gasteiger partial charge < -0.3 is 15.3 Å². The van der Waals surface area contributed by atoms with E-state index in [1.54, 1.807) is 29.9 Å². The van der Waals surface area contributed by atoms with E-state index in [4.69, 9.17) is 0 Å². The maximum atomic E-state index is 10.6. The number of hydrogen-bond donors (Lipinski definition) is 2. The van der Waals surface area contributed by atoms with Gasteiger partial charge in [0.1, 0.15) is 10.8 Å². The first kappa shape index (κ1) is 17.5. The van der Waals surface area contributed by atoms with Crippen molar-refractivity contribution in [3.05, 3.63) is 48.9 Å². The molecule has 1 aliphatic carbocycles. The molecule has 1 saturated heterocycles. The molecule has 2 fully saturated rings. The number of hydrogen-bond acceptors (Lipinski definition) is 8. The SMILES string of the molecule is O[C@@H]1C[C@H]2CN(c3nnc(-c4ccccc4)s3)C[C@H]2C[C@H]1Nc1cnccn1. The molecule has 28 heavy (non-hydrogen) atoms. The Bertz CT molecular complexity index is 921. The Morgan fingerprint density at radius 1 is 1.04 bits per heavy atom. The van der Waals surface area contributed by atoms with Crippen molar-refractivity contribution < 1.29 is 5.11 Å². The molecule has 3 heterocycles. The highest BCUT2D eigenvalue weighted by atomic mass is 32.1. The molecule has 3 aromatic rings. The number of rotatable bonds is 4. The number of nitrogens with one attached hydrogen (secondary N) is 1. The predicted octanol–water partition coefficient (Wildman–Crippen LogP) is 2.68. The number of aromatic nitrogens is 4. The third-order valence-corrected chi connectivity index (χ3v) is 6.78. The van der Waals surface area contributed by atoms with E-state index in [-0.39, 0.29) is 12.1 Å². The van der Waals surface area contributed by atoms with E-state index in [0.717, 1.165) is 47.5 Å². The third-order valence-electron chi connectivity index (χ3n) is 5.74. The summed E-state index contributed by atoms with van der Waals surface area (Å²) in [5.74, 6) is 1.73. The zero-order valence-corrected chi connectivity index (χ0v) is 16.2. The molecule has 8 heteroatoms. The number of benzene rings is 1. The third kappa shape index (κ3) is 3.45. The molecule has 0 unspecified atom stereocenters. The minimum absolute atomic E-state index is 0.00667. The first-order valence-corrected chi connectivity index (χ1v) is 10.4. The summed E-state index contributed by atoms with van der Waals surface area (Å²) in [6.07, 6.45) is 6.35. The second-order valence-corrected chi connectivity index (χ2v) is 8.52. The van der Waals surface area contributed by atoms with Crippen LogP contribution in [-0.4, -0.2) is 50.5 Å². The Hall–Kier alpha value is -2.58. The van der Waals surface area contributed by atoms with Crippen molar-refractivity contribution in [2.45, 2.75) is 25.0 Å².